The maximum absolute atomic E-state index is 11.7. The Hall–Kier alpha value is -0.480. The summed E-state index contributed by atoms with van der Waals surface area (Å²) in [4.78, 5) is 10.3. The molecule has 1 aromatic heterocycles. The summed E-state index contributed by atoms with van der Waals surface area (Å²) in [5.74, 6) is -1.48. The fraction of sp³-hybridized carbons (Fsp3) is 0.375. The number of aliphatic hydroxyl groups excluding tert-OH is 1. The van der Waals surface area contributed by atoms with Crippen LogP contribution in [0.1, 0.15) is 5.56 Å². The Morgan fingerprint density at radius 2 is 2.24 bits per heavy atom. The predicted molar refractivity (Wildman–Crippen MR) is 65.6 cm³/mol. The van der Waals surface area contributed by atoms with Crippen LogP contribution in [-0.2, 0) is 14.8 Å². The van der Waals surface area contributed by atoms with E-state index < -0.39 is 28.6 Å². The molecule has 96 valence electrons. The van der Waals surface area contributed by atoms with Crippen molar-refractivity contribution < 1.29 is 23.4 Å². The summed E-state index contributed by atoms with van der Waals surface area (Å²) >= 11 is 4.21. The van der Waals surface area contributed by atoms with Crippen molar-refractivity contribution in [3.8, 4) is 0 Å². The summed E-state index contributed by atoms with van der Waals surface area (Å²) in [5, 5.41) is 17.4. The molecular formula is C8H10BrNO5S2. The molecule has 1 rings (SSSR count). The van der Waals surface area contributed by atoms with Crippen molar-refractivity contribution in [3.63, 3.8) is 0 Å². The van der Waals surface area contributed by atoms with Crippen molar-refractivity contribution in [3.05, 3.63) is 15.4 Å². The molecule has 0 aliphatic carbocycles. The van der Waals surface area contributed by atoms with E-state index in [9.17, 15) is 13.2 Å². The lowest BCUT2D eigenvalue weighted by molar-refractivity contribution is -0.146. The predicted octanol–water partition coefficient (Wildman–Crippen LogP) is 0.543. The molecule has 9 heteroatoms. The third kappa shape index (κ3) is 3.75. The quantitative estimate of drug-likeness (QED) is 0.723. The van der Waals surface area contributed by atoms with Gasteiger partial charge in [-0.3, -0.25) is 0 Å². The standard InChI is InChI=1S/C8H10BrNO5S2/c1-4-2-6(16-7(4)9)17(14,15)10-3-5(11)8(12)13/h2,5,10-11H,3H2,1H3,(H,12,13). The van der Waals surface area contributed by atoms with Gasteiger partial charge in [-0.05, 0) is 34.5 Å². The van der Waals surface area contributed by atoms with Crippen LogP contribution in [0.25, 0.3) is 0 Å². The maximum Gasteiger partial charge on any atom is 0.333 e. The number of nitrogens with one attached hydrogen (secondary N) is 1. The molecule has 1 atom stereocenters. The molecular weight excluding hydrogens is 334 g/mol. The number of sulfonamides is 1. The Kier molecular flexibility index (Phi) is 4.67. The van der Waals surface area contributed by atoms with Crippen molar-refractivity contribution in [2.24, 2.45) is 0 Å². The van der Waals surface area contributed by atoms with E-state index in [-0.39, 0.29) is 4.21 Å². The van der Waals surface area contributed by atoms with Gasteiger partial charge in [0.15, 0.2) is 6.10 Å². The molecule has 0 amide bonds. The molecule has 0 aromatic carbocycles. The number of carbonyl (C=O) groups is 1. The lowest BCUT2D eigenvalue weighted by atomic mass is 10.4. The molecule has 1 heterocycles. The molecule has 0 spiro atoms. The van der Waals surface area contributed by atoms with Gasteiger partial charge in [-0.25, -0.2) is 17.9 Å². The fourth-order valence-corrected chi connectivity index (χ4v) is 4.22. The molecule has 0 fully saturated rings. The third-order valence-electron chi connectivity index (χ3n) is 1.85. The first-order chi connectivity index (χ1) is 7.74. The Morgan fingerprint density at radius 1 is 1.65 bits per heavy atom. The van der Waals surface area contributed by atoms with Crippen LogP contribution in [0.4, 0.5) is 0 Å². The van der Waals surface area contributed by atoms with Crippen molar-refractivity contribution in [2.45, 2.75) is 17.2 Å². The lowest BCUT2D eigenvalue weighted by Crippen LogP contribution is -2.36. The minimum atomic E-state index is -3.78. The third-order valence-corrected chi connectivity index (χ3v) is 5.88. The zero-order valence-corrected chi connectivity index (χ0v) is 11.9. The number of aliphatic hydroxyl groups is 1. The van der Waals surface area contributed by atoms with Crippen molar-refractivity contribution in [1.82, 2.24) is 4.72 Å². The molecule has 0 saturated carbocycles. The molecule has 6 nitrogen and oxygen atoms in total. The van der Waals surface area contributed by atoms with Gasteiger partial charge >= 0.3 is 5.97 Å². The summed E-state index contributed by atoms with van der Waals surface area (Å²) in [7, 11) is -3.78. The van der Waals surface area contributed by atoms with E-state index in [2.05, 4.69) is 15.9 Å². The highest BCUT2D eigenvalue weighted by atomic mass is 79.9. The van der Waals surface area contributed by atoms with Gasteiger partial charge in [-0.1, -0.05) is 0 Å². The highest BCUT2D eigenvalue weighted by Gasteiger charge is 2.21. The Bertz CT molecular complexity index is 505. The first-order valence-corrected chi connectivity index (χ1v) is 7.50. The van der Waals surface area contributed by atoms with Crippen LogP contribution in [0.2, 0.25) is 0 Å². The number of halogens is 1. The molecule has 0 saturated heterocycles. The summed E-state index contributed by atoms with van der Waals surface area (Å²) in [6.45, 7) is 1.18. The summed E-state index contributed by atoms with van der Waals surface area (Å²) in [6, 6.07) is 1.46. The SMILES string of the molecule is Cc1cc(S(=O)(=O)NCC(O)C(=O)O)sc1Br. The largest absolute Gasteiger partial charge is 0.479 e. The summed E-state index contributed by atoms with van der Waals surface area (Å²) in [6.07, 6.45) is -1.76. The van der Waals surface area contributed by atoms with E-state index in [4.69, 9.17) is 10.2 Å². The van der Waals surface area contributed by atoms with Gasteiger partial charge in [0.1, 0.15) is 4.21 Å². The van der Waals surface area contributed by atoms with E-state index in [1.54, 1.807) is 6.92 Å². The monoisotopic (exact) mass is 343 g/mol. The number of carboxylic acids is 1. The van der Waals surface area contributed by atoms with Crippen LogP contribution in [0.15, 0.2) is 14.1 Å². The second-order valence-corrected chi connectivity index (χ2v) is 7.59. The highest BCUT2D eigenvalue weighted by Crippen LogP contribution is 2.30. The van der Waals surface area contributed by atoms with Crippen molar-refractivity contribution in [2.75, 3.05) is 6.54 Å². The summed E-state index contributed by atoms with van der Waals surface area (Å²) in [5.41, 5.74) is 0.772. The van der Waals surface area contributed by atoms with E-state index in [0.717, 1.165) is 16.9 Å². The number of rotatable bonds is 5. The Balaban J connectivity index is 2.79. The van der Waals surface area contributed by atoms with Gasteiger partial charge in [-0.15, -0.1) is 11.3 Å². The van der Waals surface area contributed by atoms with Crippen LogP contribution >= 0.6 is 27.3 Å². The van der Waals surface area contributed by atoms with Crippen LogP contribution in [-0.4, -0.2) is 37.2 Å². The molecule has 3 N–H and O–H groups in total. The number of thiophene rings is 1. The average Bonchev–Trinajstić information content (AvgIpc) is 2.56. The van der Waals surface area contributed by atoms with Crippen LogP contribution in [0.3, 0.4) is 0 Å². The van der Waals surface area contributed by atoms with E-state index >= 15 is 0 Å². The van der Waals surface area contributed by atoms with E-state index in [1.807, 2.05) is 4.72 Å². The molecule has 1 unspecified atom stereocenters. The van der Waals surface area contributed by atoms with Gasteiger partial charge in [0.2, 0.25) is 10.0 Å². The zero-order chi connectivity index (χ0) is 13.2. The van der Waals surface area contributed by atoms with E-state index in [0.29, 0.717) is 3.79 Å². The molecule has 17 heavy (non-hydrogen) atoms. The zero-order valence-electron chi connectivity index (χ0n) is 8.68. The molecule has 0 aliphatic heterocycles. The van der Waals surface area contributed by atoms with Gasteiger partial charge < -0.3 is 10.2 Å². The topological polar surface area (TPSA) is 104 Å². The Labute approximate surface area is 110 Å². The maximum atomic E-state index is 11.7. The second kappa shape index (κ2) is 5.44. The number of aryl methyl sites for hydroxylation is 1. The smallest absolute Gasteiger partial charge is 0.333 e. The Morgan fingerprint density at radius 3 is 2.65 bits per heavy atom. The van der Waals surface area contributed by atoms with Crippen LogP contribution in [0, 0.1) is 6.92 Å². The van der Waals surface area contributed by atoms with Crippen LogP contribution in [0.5, 0.6) is 0 Å². The van der Waals surface area contributed by atoms with Gasteiger partial charge in [-0.2, -0.15) is 0 Å². The highest BCUT2D eigenvalue weighted by molar-refractivity contribution is 9.11. The number of hydrogen-bond acceptors (Lipinski definition) is 5. The molecule has 1 aromatic rings. The van der Waals surface area contributed by atoms with E-state index in [1.165, 1.54) is 6.07 Å². The van der Waals surface area contributed by atoms with Crippen molar-refractivity contribution >= 4 is 43.3 Å². The second-order valence-electron chi connectivity index (χ2n) is 3.23. The van der Waals surface area contributed by atoms with Gasteiger partial charge in [0.05, 0.1) is 3.79 Å². The normalized spacial score (nSPS) is 13.6. The average molecular weight is 344 g/mol. The first kappa shape index (κ1) is 14.6. The lowest BCUT2D eigenvalue weighted by Gasteiger charge is -2.06. The van der Waals surface area contributed by atoms with Gasteiger partial charge in [0.25, 0.3) is 0 Å². The number of carboxylic acid groups (broad SMARTS) is 1. The van der Waals surface area contributed by atoms with Crippen LogP contribution < -0.4 is 4.72 Å². The molecule has 0 aliphatic rings. The summed E-state index contributed by atoms with van der Waals surface area (Å²) < 4.78 is 26.2. The first-order valence-electron chi connectivity index (χ1n) is 4.40. The molecule has 0 radical (unpaired) electrons. The molecule has 0 bridgehead atoms. The minimum Gasteiger partial charge on any atom is -0.479 e. The fourth-order valence-electron chi connectivity index (χ4n) is 0.911. The number of hydrogen-bond donors (Lipinski definition) is 3. The van der Waals surface area contributed by atoms with Crippen molar-refractivity contribution in [1.29, 1.82) is 0 Å². The van der Waals surface area contributed by atoms with Gasteiger partial charge in [0, 0.05) is 6.54 Å². The number of aliphatic carboxylic acids is 1. The minimum absolute atomic E-state index is 0.0689.